The topological polar surface area (TPSA) is 86.7 Å². The van der Waals surface area contributed by atoms with Gasteiger partial charge in [-0.05, 0) is 47.4 Å². The number of hydrogen-bond acceptors (Lipinski definition) is 5. The Hall–Kier alpha value is -3.17. The number of thiol groups is 1. The average Bonchev–Trinajstić information content (AvgIpc) is 3.14. The molecular formula is C27H23ClN2O4S2. The lowest BCUT2D eigenvalue weighted by Crippen LogP contribution is -2.45. The number of aliphatic carboxylic acids is 1. The van der Waals surface area contributed by atoms with Crippen molar-refractivity contribution in [2.45, 2.75) is 18.0 Å². The number of carboxylic acids is 1. The number of carbonyl (C=O) groups excluding carboxylic acids is 1. The lowest BCUT2D eigenvalue weighted by atomic mass is 10.1. The van der Waals surface area contributed by atoms with E-state index in [4.69, 9.17) is 11.6 Å². The number of hydrogen-bond donors (Lipinski definition) is 3. The summed E-state index contributed by atoms with van der Waals surface area (Å²) in [6.45, 7) is 0. The van der Waals surface area contributed by atoms with Gasteiger partial charge in [-0.1, -0.05) is 84.4 Å². The monoisotopic (exact) mass is 538 g/mol. The molecule has 3 aromatic rings. The van der Waals surface area contributed by atoms with Gasteiger partial charge in [0.2, 0.25) is 0 Å². The van der Waals surface area contributed by atoms with E-state index in [0.29, 0.717) is 15.6 Å². The van der Waals surface area contributed by atoms with Crippen LogP contribution in [0.25, 0.3) is 12.2 Å². The van der Waals surface area contributed by atoms with E-state index in [1.54, 1.807) is 36.4 Å². The average molecular weight is 539 g/mol. The molecule has 1 saturated heterocycles. The van der Waals surface area contributed by atoms with E-state index in [9.17, 15) is 18.9 Å². The molecule has 3 atom stereocenters. The second kappa shape index (κ2) is 11.7. The molecule has 1 aliphatic heterocycles. The van der Waals surface area contributed by atoms with Gasteiger partial charge in [0, 0.05) is 10.6 Å². The zero-order valence-electron chi connectivity index (χ0n) is 19.0. The van der Waals surface area contributed by atoms with Crippen LogP contribution in [0.2, 0.25) is 5.02 Å². The number of allylic oxidation sites excluding steroid dienone is 1. The van der Waals surface area contributed by atoms with Crippen molar-refractivity contribution < 1.29 is 18.9 Å². The van der Waals surface area contributed by atoms with E-state index in [1.165, 1.54) is 10.4 Å². The number of halogens is 1. The number of carbonyl (C=O) groups is 2. The Morgan fingerprint density at radius 2 is 1.75 bits per heavy atom. The molecule has 0 aliphatic carbocycles. The molecule has 0 radical (unpaired) electrons. The van der Waals surface area contributed by atoms with Gasteiger partial charge in [0.25, 0.3) is 0 Å². The molecule has 184 valence electrons. The SMILES string of the molecule is O=C(/C=C/c1ccc(/C=C2/N[C@H](S)N([C@@H](Cc3ccccc3)C(=O)O)S2=O)cc1)c1cccc(Cl)c1. The maximum absolute atomic E-state index is 13.2. The fourth-order valence-corrected chi connectivity index (χ4v) is 5.85. The van der Waals surface area contributed by atoms with Crippen LogP contribution in [-0.4, -0.2) is 36.9 Å². The summed E-state index contributed by atoms with van der Waals surface area (Å²) in [4.78, 5) is 24.3. The molecule has 3 aromatic carbocycles. The van der Waals surface area contributed by atoms with E-state index in [2.05, 4.69) is 17.9 Å². The smallest absolute Gasteiger partial charge is 0.322 e. The minimum Gasteiger partial charge on any atom is -0.480 e. The van der Waals surface area contributed by atoms with E-state index in [0.717, 1.165) is 16.7 Å². The first-order valence-corrected chi connectivity index (χ1v) is 13.0. The number of carboxylic acid groups (broad SMARTS) is 1. The molecule has 0 amide bonds. The minimum atomic E-state index is -1.73. The Labute approximate surface area is 222 Å². The van der Waals surface area contributed by atoms with Crippen molar-refractivity contribution in [3.05, 3.63) is 117 Å². The molecule has 6 nitrogen and oxygen atoms in total. The van der Waals surface area contributed by atoms with E-state index in [1.807, 2.05) is 54.6 Å². The Morgan fingerprint density at radius 3 is 2.42 bits per heavy atom. The molecule has 2 N–H and O–H groups in total. The molecule has 4 rings (SSSR count). The number of rotatable bonds is 8. The number of ketones is 1. The molecular weight excluding hydrogens is 516 g/mol. The maximum atomic E-state index is 13.2. The highest BCUT2D eigenvalue weighted by Gasteiger charge is 2.41. The lowest BCUT2D eigenvalue weighted by molar-refractivity contribution is -0.141. The predicted octanol–water partition coefficient (Wildman–Crippen LogP) is 5.01. The van der Waals surface area contributed by atoms with Crippen LogP contribution in [0.1, 0.15) is 27.0 Å². The summed E-state index contributed by atoms with van der Waals surface area (Å²) < 4.78 is 14.5. The van der Waals surface area contributed by atoms with Crippen LogP contribution in [0.3, 0.4) is 0 Å². The summed E-state index contributed by atoms with van der Waals surface area (Å²) in [5.41, 5.74) is 2.20. The second-order valence-corrected chi connectivity index (χ2v) is 10.3. The van der Waals surface area contributed by atoms with Gasteiger partial charge in [-0.15, -0.1) is 12.6 Å². The molecule has 1 aliphatic rings. The van der Waals surface area contributed by atoms with Gasteiger partial charge >= 0.3 is 5.97 Å². The highest BCUT2D eigenvalue weighted by Crippen LogP contribution is 2.27. The Kier molecular flexibility index (Phi) is 8.43. The summed E-state index contributed by atoms with van der Waals surface area (Å²) in [6.07, 6.45) is 5.09. The summed E-state index contributed by atoms with van der Waals surface area (Å²) in [5.74, 6) is -1.23. The highest BCUT2D eigenvalue weighted by atomic mass is 35.5. The second-order valence-electron chi connectivity index (χ2n) is 8.05. The van der Waals surface area contributed by atoms with Crippen LogP contribution >= 0.6 is 24.2 Å². The van der Waals surface area contributed by atoms with Crippen molar-refractivity contribution in [1.82, 2.24) is 9.62 Å². The fraction of sp³-hybridized carbons (Fsp3) is 0.111. The molecule has 0 bridgehead atoms. The highest BCUT2D eigenvalue weighted by molar-refractivity contribution is 7.89. The van der Waals surface area contributed by atoms with Gasteiger partial charge in [0.1, 0.15) is 27.6 Å². The first-order valence-electron chi connectivity index (χ1n) is 11.0. The van der Waals surface area contributed by atoms with Crippen LogP contribution in [0.4, 0.5) is 0 Å². The van der Waals surface area contributed by atoms with Crippen molar-refractivity contribution in [2.24, 2.45) is 0 Å². The van der Waals surface area contributed by atoms with E-state index in [-0.39, 0.29) is 12.2 Å². The lowest BCUT2D eigenvalue weighted by Gasteiger charge is -2.24. The van der Waals surface area contributed by atoms with Gasteiger partial charge in [0.05, 0.1) is 0 Å². The van der Waals surface area contributed by atoms with Crippen LogP contribution in [0, 0.1) is 0 Å². The zero-order valence-corrected chi connectivity index (χ0v) is 21.4. The molecule has 0 spiro atoms. The number of nitrogens with zero attached hydrogens (tertiary/aromatic N) is 1. The van der Waals surface area contributed by atoms with Crippen LogP contribution in [0.15, 0.2) is 90.0 Å². The molecule has 36 heavy (non-hydrogen) atoms. The maximum Gasteiger partial charge on any atom is 0.322 e. The molecule has 1 heterocycles. The normalized spacial score (nSPS) is 19.9. The van der Waals surface area contributed by atoms with Crippen molar-refractivity contribution >= 4 is 59.1 Å². The Balaban J connectivity index is 1.46. The van der Waals surface area contributed by atoms with Gasteiger partial charge < -0.3 is 10.4 Å². The molecule has 0 saturated carbocycles. The summed E-state index contributed by atoms with van der Waals surface area (Å²) >= 11 is 10.4. The first kappa shape index (κ1) is 25.9. The van der Waals surface area contributed by atoms with Crippen molar-refractivity contribution in [1.29, 1.82) is 0 Å². The van der Waals surface area contributed by atoms with Crippen LogP contribution < -0.4 is 5.32 Å². The van der Waals surface area contributed by atoms with Gasteiger partial charge in [-0.25, -0.2) is 4.21 Å². The molecule has 9 heteroatoms. The minimum absolute atomic E-state index is 0.155. The van der Waals surface area contributed by atoms with Crippen LogP contribution in [0.5, 0.6) is 0 Å². The molecule has 1 unspecified atom stereocenters. The van der Waals surface area contributed by atoms with E-state index >= 15 is 0 Å². The Bertz CT molecular complexity index is 1340. The fourth-order valence-electron chi connectivity index (χ4n) is 3.71. The predicted molar refractivity (Wildman–Crippen MR) is 147 cm³/mol. The van der Waals surface area contributed by atoms with Crippen LogP contribution in [-0.2, 0) is 22.2 Å². The summed E-state index contributed by atoms with van der Waals surface area (Å²) in [7, 11) is -1.73. The first-order chi connectivity index (χ1) is 17.3. The number of nitrogens with one attached hydrogen (secondary N) is 1. The third-order valence-corrected chi connectivity index (χ3v) is 7.76. The third-order valence-electron chi connectivity index (χ3n) is 5.53. The number of benzene rings is 3. The van der Waals surface area contributed by atoms with Crippen molar-refractivity contribution in [3.63, 3.8) is 0 Å². The van der Waals surface area contributed by atoms with Crippen molar-refractivity contribution in [3.8, 4) is 0 Å². The Morgan fingerprint density at radius 1 is 1.06 bits per heavy atom. The quantitative estimate of drug-likeness (QED) is 0.213. The summed E-state index contributed by atoms with van der Waals surface area (Å²) in [5, 5.41) is 13.7. The van der Waals surface area contributed by atoms with Crippen molar-refractivity contribution in [2.75, 3.05) is 0 Å². The van der Waals surface area contributed by atoms with Gasteiger partial charge in [-0.2, -0.15) is 4.31 Å². The van der Waals surface area contributed by atoms with Gasteiger partial charge in [-0.3, -0.25) is 9.59 Å². The molecule has 0 aromatic heterocycles. The van der Waals surface area contributed by atoms with E-state index < -0.39 is 28.5 Å². The largest absolute Gasteiger partial charge is 0.480 e. The van der Waals surface area contributed by atoms with Gasteiger partial charge in [0.15, 0.2) is 5.78 Å². The summed E-state index contributed by atoms with van der Waals surface area (Å²) in [6, 6.07) is 22.3. The standard InChI is InChI=1S/C27H23ClN2O4S2/c28-22-8-4-7-21(17-22)24(31)14-13-18-9-11-20(12-10-18)16-25-29-27(35)30(36(25)34)23(26(32)33)15-19-5-2-1-3-6-19/h1-14,16-17,23,27,29,35H,15H2,(H,32,33)/b14-13+,25-16-/t23-,27-,36?/m0/s1. The third kappa shape index (κ3) is 6.33. The molecule has 1 fully saturated rings. The zero-order chi connectivity index (χ0) is 25.7.